The van der Waals surface area contributed by atoms with E-state index in [1.807, 2.05) is 39.8 Å². The summed E-state index contributed by atoms with van der Waals surface area (Å²) < 4.78 is 27.3. The predicted molar refractivity (Wildman–Crippen MR) is 125 cm³/mol. The Labute approximate surface area is 184 Å². The van der Waals surface area contributed by atoms with Crippen LogP contribution in [0.3, 0.4) is 0 Å². The van der Waals surface area contributed by atoms with Crippen LogP contribution in [0.4, 0.5) is 5.69 Å². The van der Waals surface area contributed by atoms with Gasteiger partial charge in [-0.15, -0.1) is 0 Å². The van der Waals surface area contributed by atoms with Gasteiger partial charge in [0.05, 0.1) is 16.6 Å². The van der Waals surface area contributed by atoms with E-state index in [-0.39, 0.29) is 16.8 Å². The van der Waals surface area contributed by atoms with Crippen LogP contribution in [0.1, 0.15) is 45.6 Å². The Bertz CT molecular complexity index is 1200. The third-order valence-corrected chi connectivity index (χ3v) is 7.24. The van der Waals surface area contributed by atoms with Gasteiger partial charge in [0.25, 0.3) is 15.9 Å². The van der Waals surface area contributed by atoms with Crippen molar-refractivity contribution in [2.45, 2.75) is 38.6 Å². The largest absolute Gasteiger partial charge is 0.346 e. The number of nitrogens with one attached hydrogen (secondary N) is 1. The minimum atomic E-state index is -3.73. The van der Waals surface area contributed by atoms with Gasteiger partial charge in [0.2, 0.25) is 0 Å². The van der Waals surface area contributed by atoms with Crippen molar-refractivity contribution in [2.24, 2.45) is 0 Å². The van der Waals surface area contributed by atoms with E-state index in [4.69, 9.17) is 0 Å². The van der Waals surface area contributed by atoms with Gasteiger partial charge in [-0.25, -0.2) is 8.42 Å². The Morgan fingerprint density at radius 2 is 1.58 bits per heavy atom. The summed E-state index contributed by atoms with van der Waals surface area (Å²) in [6.07, 6.45) is 0. The van der Waals surface area contributed by atoms with Crippen molar-refractivity contribution in [3.05, 3.63) is 94.5 Å². The van der Waals surface area contributed by atoms with Crippen LogP contribution in [0.5, 0.6) is 0 Å². The number of aryl methyl sites for hydroxylation is 3. The van der Waals surface area contributed by atoms with Crippen molar-refractivity contribution < 1.29 is 13.2 Å². The first-order valence-corrected chi connectivity index (χ1v) is 11.6. The molecule has 1 amide bonds. The van der Waals surface area contributed by atoms with Crippen LogP contribution < -0.4 is 9.62 Å². The normalized spacial score (nSPS) is 12.3. The maximum atomic E-state index is 13.0. The van der Waals surface area contributed by atoms with Crippen molar-refractivity contribution in [1.29, 1.82) is 0 Å². The lowest BCUT2D eigenvalue weighted by atomic mass is 10.00. The molecule has 162 valence electrons. The smallest absolute Gasteiger partial charge is 0.264 e. The van der Waals surface area contributed by atoms with E-state index in [1.165, 1.54) is 16.9 Å². The summed E-state index contributed by atoms with van der Waals surface area (Å²) in [6.45, 7) is 7.83. The molecule has 0 saturated heterocycles. The molecule has 1 atom stereocenters. The summed E-state index contributed by atoms with van der Waals surface area (Å²) in [5.41, 5.74) is 4.98. The number of benzene rings is 3. The van der Waals surface area contributed by atoms with Gasteiger partial charge in [-0.2, -0.15) is 0 Å². The van der Waals surface area contributed by atoms with E-state index in [0.29, 0.717) is 11.3 Å². The molecule has 3 aromatic carbocycles. The molecule has 0 bridgehead atoms. The molecule has 31 heavy (non-hydrogen) atoms. The monoisotopic (exact) mass is 436 g/mol. The third kappa shape index (κ3) is 4.80. The highest BCUT2D eigenvalue weighted by Crippen LogP contribution is 2.27. The van der Waals surface area contributed by atoms with Crippen molar-refractivity contribution in [3.8, 4) is 0 Å². The fourth-order valence-corrected chi connectivity index (χ4v) is 4.91. The molecular weight excluding hydrogens is 408 g/mol. The highest BCUT2D eigenvalue weighted by molar-refractivity contribution is 7.92. The van der Waals surface area contributed by atoms with Gasteiger partial charge >= 0.3 is 0 Å². The second-order valence-corrected chi connectivity index (χ2v) is 9.81. The van der Waals surface area contributed by atoms with Gasteiger partial charge in [0, 0.05) is 12.6 Å². The van der Waals surface area contributed by atoms with E-state index in [0.717, 1.165) is 16.7 Å². The molecule has 0 spiro atoms. The molecule has 0 fully saturated rings. The summed E-state index contributed by atoms with van der Waals surface area (Å²) >= 11 is 0. The van der Waals surface area contributed by atoms with Crippen molar-refractivity contribution in [2.75, 3.05) is 11.4 Å². The Morgan fingerprint density at radius 1 is 0.903 bits per heavy atom. The van der Waals surface area contributed by atoms with Gasteiger partial charge in [-0.1, -0.05) is 48.0 Å². The zero-order valence-corrected chi connectivity index (χ0v) is 19.3. The number of rotatable bonds is 6. The molecule has 1 N–H and O–H groups in total. The van der Waals surface area contributed by atoms with E-state index < -0.39 is 10.0 Å². The SMILES string of the molecule is Cc1ccc([C@H](C)NC(=O)c2ccc(C)c(N(C)S(=O)(=O)c3ccccc3)c2)c(C)c1. The Morgan fingerprint density at radius 3 is 2.23 bits per heavy atom. The standard InChI is InChI=1S/C25H28N2O3S/c1-17-11-14-23(19(3)15-17)20(4)26-25(28)21-13-12-18(2)24(16-21)27(5)31(29,30)22-9-7-6-8-10-22/h6-16,20H,1-5H3,(H,26,28)/t20-/m0/s1. The third-order valence-electron chi connectivity index (χ3n) is 5.45. The minimum absolute atomic E-state index is 0.177. The van der Waals surface area contributed by atoms with E-state index in [1.54, 1.807) is 48.5 Å². The van der Waals surface area contributed by atoms with Crippen molar-refractivity contribution in [1.82, 2.24) is 5.32 Å². The van der Waals surface area contributed by atoms with Crippen LogP contribution in [-0.2, 0) is 10.0 Å². The average Bonchev–Trinajstić information content (AvgIpc) is 2.74. The number of amides is 1. The van der Waals surface area contributed by atoms with Gasteiger partial charge in [-0.05, 0) is 68.7 Å². The zero-order chi connectivity index (χ0) is 22.8. The molecule has 0 aliphatic rings. The van der Waals surface area contributed by atoms with Crippen LogP contribution in [-0.4, -0.2) is 21.4 Å². The summed E-state index contributed by atoms with van der Waals surface area (Å²) in [4.78, 5) is 13.1. The van der Waals surface area contributed by atoms with Crippen LogP contribution in [0.15, 0.2) is 71.6 Å². The molecule has 0 saturated carbocycles. The predicted octanol–water partition coefficient (Wildman–Crippen LogP) is 4.93. The number of carbonyl (C=O) groups is 1. The van der Waals surface area contributed by atoms with Gasteiger partial charge < -0.3 is 5.32 Å². The van der Waals surface area contributed by atoms with Crippen LogP contribution in [0, 0.1) is 20.8 Å². The molecule has 0 aliphatic heterocycles. The van der Waals surface area contributed by atoms with Gasteiger partial charge in [0.1, 0.15) is 0 Å². The number of hydrogen-bond donors (Lipinski definition) is 1. The van der Waals surface area contributed by atoms with Gasteiger partial charge in [0.15, 0.2) is 0 Å². The Kier molecular flexibility index (Phi) is 6.51. The number of hydrogen-bond acceptors (Lipinski definition) is 3. The minimum Gasteiger partial charge on any atom is -0.346 e. The van der Waals surface area contributed by atoms with Crippen LogP contribution in [0.2, 0.25) is 0 Å². The summed E-state index contributed by atoms with van der Waals surface area (Å²) in [5, 5.41) is 3.02. The number of nitrogens with zero attached hydrogens (tertiary/aromatic N) is 1. The zero-order valence-electron chi connectivity index (χ0n) is 18.5. The average molecular weight is 437 g/mol. The lowest BCUT2D eigenvalue weighted by Gasteiger charge is -2.23. The quantitative estimate of drug-likeness (QED) is 0.596. The molecule has 0 aromatic heterocycles. The van der Waals surface area contributed by atoms with Crippen LogP contribution in [0.25, 0.3) is 0 Å². The van der Waals surface area contributed by atoms with E-state index in [9.17, 15) is 13.2 Å². The summed E-state index contributed by atoms with van der Waals surface area (Å²) in [6, 6.07) is 19.3. The molecule has 3 rings (SSSR count). The van der Waals surface area contributed by atoms with Crippen molar-refractivity contribution in [3.63, 3.8) is 0 Å². The maximum absolute atomic E-state index is 13.0. The first-order chi connectivity index (χ1) is 14.6. The van der Waals surface area contributed by atoms with Crippen molar-refractivity contribution >= 4 is 21.6 Å². The molecule has 5 nitrogen and oxygen atoms in total. The molecule has 0 unspecified atom stereocenters. The molecule has 3 aromatic rings. The van der Waals surface area contributed by atoms with Gasteiger partial charge in [-0.3, -0.25) is 9.10 Å². The van der Waals surface area contributed by atoms with Crippen LogP contribution >= 0.6 is 0 Å². The molecular formula is C25H28N2O3S. The lowest BCUT2D eigenvalue weighted by Crippen LogP contribution is -2.29. The summed E-state index contributed by atoms with van der Waals surface area (Å²) in [5.74, 6) is -0.251. The van der Waals surface area contributed by atoms with E-state index in [2.05, 4.69) is 11.4 Å². The first-order valence-electron chi connectivity index (χ1n) is 10.1. The lowest BCUT2D eigenvalue weighted by molar-refractivity contribution is 0.0940. The fourth-order valence-electron chi connectivity index (χ4n) is 3.64. The maximum Gasteiger partial charge on any atom is 0.264 e. The second-order valence-electron chi connectivity index (χ2n) is 7.84. The Hall–Kier alpha value is -3.12. The molecule has 6 heteroatoms. The first kappa shape index (κ1) is 22.6. The highest BCUT2D eigenvalue weighted by atomic mass is 32.2. The molecule has 0 aliphatic carbocycles. The van der Waals surface area contributed by atoms with E-state index >= 15 is 0 Å². The summed E-state index contributed by atoms with van der Waals surface area (Å²) in [7, 11) is -2.23. The number of sulfonamides is 1. The number of anilines is 1. The fraction of sp³-hybridized carbons (Fsp3) is 0.240. The second kappa shape index (κ2) is 8.94. The Balaban J connectivity index is 1.87. The molecule has 0 radical (unpaired) electrons. The topological polar surface area (TPSA) is 66.5 Å². The number of carbonyl (C=O) groups excluding carboxylic acids is 1. The molecule has 0 heterocycles. The highest BCUT2D eigenvalue weighted by Gasteiger charge is 2.23.